The lowest BCUT2D eigenvalue weighted by Crippen LogP contribution is -2.56. The molecule has 3 aliphatic carbocycles. The zero-order valence-electron chi connectivity index (χ0n) is 23.1. The maximum absolute atomic E-state index is 12.3. The Morgan fingerprint density at radius 3 is 2.23 bits per heavy atom. The predicted octanol–water partition coefficient (Wildman–Crippen LogP) is 5.20. The smallest absolute Gasteiger partial charge is 0.146 e. The molecule has 0 spiro atoms. The minimum absolute atomic E-state index is 0.00240. The summed E-state index contributed by atoms with van der Waals surface area (Å²) in [6.45, 7) is 14.7. The summed E-state index contributed by atoms with van der Waals surface area (Å²) in [6, 6.07) is 0. The third kappa shape index (κ3) is 4.57. The Hall–Kier alpha value is -0.750. The Balaban J connectivity index is 1.62. The second kappa shape index (κ2) is 8.92. The highest BCUT2D eigenvalue weighted by Gasteiger charge is 2.58. The van der Waals surface area contributed by atoms with Crippen LogP contribution in [0.15, 0.2) is 11.6 Å². The standard InChI is InChI=1S/C30H50O5/c1-26(2)20(19(18-31)8-9-22-21(26)12-16-29(22,6)33)10-11-23-28(5)15-13-24(32)27(3,4)35-25(28)14-17-30(23,7)34/h8,18,20-25,32-34H,9-17H2,1-7H3/t20-,21+,22+,23+,24+,25+,28+,29+,30-/m1/s1. The molecule has 35 heavy (non-hydrogen) atoms. The van der Waals surface area contributed by atoms with Crippen molar-refractivity contribution in [3.63, 3.8) is 0 Å². The summed E-state index contributed by atoms with van der Waals surface area (Å²) in [5, 5.41) is 33.5. The van der Waals surface area contributed by atoms with E-state index < -0.39 is 22.9 Å². The van der Waals surface area contributed by atoms with Gasteiger partial charge in [0.2, 0.25) is 0 Å². The number of aliphatic hydroxyl groups is 3. The second-order valence-electron chi connectivity index (χ2n) is 14.3. The summed E-state index contributed by atoms with van der Waals surface area (Å²) < 4.78 is 6.56. The van der Waals surface area contributed by atoms with Crippen LogP contribution in [0, 0.1) is 34.5 Å². The van der Waals surface area contributed by atoms with Crippen LogP contribution in [0.25, 0.3) is 0 Å². The maximum atomic E-state index is 12.3. The molecule has 0 aromatic rings. The third-order valence-electron chi connectivity index (χ3n) is 11.4. The lowest BCUT2D eigenvalue weighted by atomic mass is 9.55. The van der Waals surface area contributed by atoms with Gasteiger partial charge in [-0.3, -0.25) is 4.79 Å². The molecular formula is C30H50O5. The van der Waals surface area contributed by atoms with E-state index in [1.54, 1.807) is 0 Å². The number of aliphatic hydroxyl groups excluding tert-OH is 1. The van der Waals surface area contributed by atoms with Gasteiger partial charge in [-0.25, -0.2) is 0 Å². The molecule has 0 aromatic heterocycles. The molecule has 0 amide bonds. The second-order valence-corrected chi connectivity index (χ2v) is 14.3. The van der Waals surface area contributed by atoms with Crippen molar-refractivity contribution in [2.45, 2.75) is 135 Å². The highest BCUT2D eigenvalue weighted by Crippen LogP contribution is 2.59. The molecular weight excluding hydrogens is 440 g/mol. The fourth-order valence-corrected chi connectivity index (χ4v) is 8.94. The van der Waals surface area contributed by atoms with Gasteiger partial charge in [0.15, 0.2) is 0 Å². The van der Waals surface area contributed by atoms with E-state index in [-0.39, 0.29) is 34.7 Å². The Kier molecular flexibility index (Phi) is 6.96. The minimum atomic E-state index is -0.812. The van der Waals surface area contributed by atoms with Crippen molar-refractivity contribution < 1.29 is 24.9 Å². The van der Waals surface area contributed by atoms with Gasteiger partial charge >= 0.3 is 0 Å². The van der Waals surface area contributed by atoms with Crippen LogP contribution in [0.1, 0.15) is 106 Å². The number of rotatable bonds is 4. The molecule has 2 saturated carbocycles. The van der Waals surface area contributed by atoms with E-state index in [0.29, 0.717) is 18.8 Å². The van der Waals surface area contributed by atoms with Crippen LogP contribution in [-0.4, -0.2) is 50.6 Å². The van der Waals surface area contributed by atoms with Crippen LogP contribution < -0.4 is 0 Å². The normalized spacial score (nSPS) is 49.3. The lowest BCUT2D eigenvalue weighted by molar-refractivity contribution is -0.206. The summed E-state index contributed by atoms with van der Waals surface area (Å²) >= 11 is 0. The average Bonchev–Trinajstić information content (AvgIpc) is 2.96. The minimum Gasteiger partial charge on any atom is -0.390 e. The zero-order valence-corrected chi connectivity index (χ0v) is 23.1. The summed E-state index contributed by atoms with van der Waals surface area (Å²) in [4.78, 5) is 12.3. The van der Waals surface area contributed by atoms with Crippen LogP contribution in [0.3, 0.4) is 0 Å². The molecule has 3 N–H and O–H groups in total. The van der Waals surface area contributed by atoms with Gasteiger partial charge < -0.3 is 20.1 Å². The summed E-state index contributed by atoms with van der Waals surface area (Å²) in [6.07, 6.45) is 9.79. The van der Waals surface area contributed by atoms with Gasteiger partial charge in [0, 0.05) is 0 Å². The number of fused-ring (bicyclic) bond motifs is 2. The molecule has 4 aliphatic rings. The first kappa shape index (κ1) is 27.3. The monoisotopic (exact) mass is 490 g/mol. The Bertz CT molecular complexity index is 840. The van der Waals surface area contributed by atoms with Gasteiger partial charge in [0.05, 0.1) is 29.0 Å². The topological polar surface area (TPSA) is 87.0 Å². The van der Waals surface area contributed by atoms with E-state index in [0.717, 1.165) is 56.8 Å². The lowest BCUT2D eigenvalue weighted by Gasteiger charge is -2.54. The summed E-state index contributed by atoms with van der Waals surface area (Å²) in [7, 11) is 0. The van der Waals surface area contributed by atoms with Crippen molar-refractivity contribution in [1.82, 2.24) is 0 Å². The van der Waals surface area contributed by atoms with E-state index in [2.05, 4.69) is 26.8 Å². The maximum Gasteiger partial charge on any atom is 0.146 e. The van der Waals surface area contributed by atoms with Gasteiger partial charge in [-0.15, -0.1) is 0 Å². The quantitative estimate of drug-likeness (QED) is 0.472. The largest absolute Gasteiger partial charge is 0.390 e. The van der Waals surface area contributed by atoms with Gasteiger partial charge in [-0.05, 0) is 126 Å². The molecule has 1 heterocycles. The number of hydrogen-bond acceptors (Lipinski definition) is 5. The van der Waals surface area contributed by atoms with Crippen LogP contribution in [-0.2, 0) is 9.53 Å². The molecule has 1 saturated heterocycles. The first-order chi connectivity index (χ1) is 16.1. The van der Waals surface area contributed by atoms with Crippen molar-refractivity contribution in [1.29, 1.82) is 0 Å². The van der Waals surface area contributed by atoms with Crippen molar-refractivity contribution in [2.24, 2.45) is 34.5 Å². The molecule has 3 fully saturated rings. The molecule has 4 rings (SSSR count). The van der Waals surface area contributed by atoms with E-state index in [9.17, 15) is 20.1 Å². The van der Waals surface area contributed by atoms with Crippen LogP contribution in [0.4, 0.5) is 0 Å². The number of aldehydes is 1. The predicted molar refractivity (Wildman–Crippen MR) is 138 cm³/mol. The van der Waals surface area contributed by atoms with Gasteiger partial charge in [-0.1, -0.05) is 26.8 Å². The van der Waals surface area contributed by atoms with Crippen molar-refractivity contribution in [3.8, 4) is 0 Å². The molecule has 0 radical (unpaired) electrons. The molecule has 0 unspecified atom stereocenters. The van der Waals surface area contributed by atoms with E-state index in [1.165, 1.54) is 0 Å². The SMILES string of the molecule is CC1(C)O[C@H]2CC[C@@](C)(O)[C@@H](CC[C@@H]3C(C=O)=CC[C@H]4[C@H](CC[C@]4(C)O)C3(C)C)[C@]2(C)CC[C@@H]1O. The fraction of sp³-hybridized carbons (Fsp3) is 0.900. The highest BCUT2D eigenvalue weighted by molar-refractivity contribution is 5.74. The number of hydrogen-bond donors (Lipinski definition) is 3. The van der Waals surface area contributed by atoms with Gasteiger partial charge in [-0.2, -0.15) is 0 Å². The van der Waals surface area contributed by atoms with Gasteiger partial charge in [0.25, 0.3) is 0 Å². The Morgan fingerprint density at radius 2 is 1.57 bits per heavy atom. The van der Waals surface area contributed by atoms with E-state index in [4.69, 9.17) is 4.74 Å². The first-order valence-electron chi connectivity index (χ1n) is 14.0. The number of ether oxygens (including phenoxy) is 1. The number of allylic oxidation sites excluding steroid dienone is 2. The molecule has 0 aromatic carbocycles. The third-order valence-corrected chi connectivity index (χ3v) is 11.4. The molecule has 1 aliphatic heterocycles. The van der Waals surface area contributed by atoms with E-state index >= 15 is 0 Å². The van der Waals surface area contributed by atoms with E-state index in [1.807, 2.05) is 27.7 Å². The average molecular weight is 491 g/mol. The molecule has 5 heteroatoms. The Morgan fingerprint density at radius 1 is 0.914 bits per heavy atom. The molecule has 5 nitrogen and oxygen atoms in total. The van der Waals surface area contributed by atoms with Crippen LogP contribution in [0.2, 0.25) is 0 Å². The molecule has 0 bridgehead atoms. The first-order valence-corrected chi connectivity index (χ1v) is 14.0. The molecule has 9 atom stereocenters. The van der Waals surface area contributed by atoms with Crippen molar-refractivity contribution in [3.05, 3.63) is 11.6 Å². The summed E-state index contributed by atoms with van der Waals surface area (Å²) in [5.41, 5.74) is -1.58. The van der Waals surface area contributed by atoms with Crippen LogP contribution in [0.5, 0.6) is 0 Å². The summed E-state index contributed by atoms with van der Waals surface area (Å²) in [5.74, 6) is 0.654. The number of carbonyl (C=O) groups excluding carboxylic acids is 1. The molecule has 200 valence electrons. The van der Waals surface area contributed by atoms with Gasteiger partial charge in [0.1, 0.15) is 6.29 Å². The van der Waals surface area contributed by atoms with Crippen molar-refractivity contribution in [2.75, 3.05) is 0 Å². The van der Waals surface area contributed by atoms with Crippen LogP contribution >= 0.6 is 0 Å². The Labute approximate surface area is 212 Å². The zero-order chi connectivity index (χ0) is 26.0. The fourth-order valence-electron chi connectivity index (χ4n) is 8.94. The number of carbonyl (C=O) groups is 1. The van der Waals surface area contributed by atoms with Crippen molar-refractivity contribution >= 4 is 6.29 Å². The highest BCUT2D eigenvalue weighted by atomic mass is 16.5.